The van der Waals surface area contributed by atoms with Gasteiger partial charge >= 0.3 is 0 Å². The van der Waals surface area contributed by atoms with Crippen LogP contribution in [-0.4, -0.2) is 58.8 Å². The third-order valence-corrected chi connectivity index (χ3v) is 11.1. The first kappa shape index (κ1) is 20.9. The fourth-order valence-corrected chi connectivity index (χ4v) is 11.6. The molecule has 0 spiro atoms. The van der Waals surface area contributed by atoms with Crippen molar-refractivity contribution in [2.75, 3.05) is 23.0 Å². The molecule has 0 bridgehead atoms. The largest absolute Gasteiger partial charge is 0.229 e. The smallest absolute Gasteiger partial charge is 0.155 e. The lowest BCUT2D eigenvalue weighted by Gasteiger charge is -2.19. The van der Waals surface area contributed by atoms with Gasteiger partial charge in [-0.25, -0.2) is 25.3 Å². The second-order valence-corrected chi connectivity index (χ2v) is 13.1. The van der Waals surface area contributed by atoms with Crippen LogP contribution in [0, 0.1) is 0 Å². The Morgan fingerprint density at radius 2 is 1.09 bits per heavy atom. The Labute approximate surface area is 140 Å². The van der Waals surface area contributed by atoms with E-state index in [1.807, 2.05) is 13.8 Å². The molecule has 1 aliphatic heterocycles. The summed E-state index contributed by atoms with van der Waals surface area (Å²) in [7, 11) is -11.1. The number of sulfone groups is 3. The maximum absolute atomic E-state index is 12.5. The summed E-state index contributed by atoms with van der Waals surface area (Å²) in [5, 5.41) is -2.59. The van der Waals surface area contributed by atoms with E-state index in [9.17, 15) is 25.3 Å². The molecule has 138 valence electrons. The molecule has 1 aliphatic rings. The van der Waals surface area contributed by atoms with E-state index in [0.717, 1.165) is 25.7 Å². The standard InChI is InChI=1S/C14H28O6S3/c1-3-5-7-9-22(17,18)13-11-21(15,16)12-14(13)23(19,20)10-8-6-4-2/h13-14H,3-12H2,1-2H3/t13-,14-/m0/s1. The molecule has 1 rings (SSSR count). The van der Waals surface area contributed by atoms with Gasteiger partial charge in [0, 0.05) is 0 Å². The predicted molar refractivity (Wildman–Crippen MR) is 92.9 cm³/mol. The molecule has 0 unspecified atom stereocenters. The highest BCUT2D eigenvalue weighted by molar-refractivity contribution is 8.00. The molecule has 0 radical (unpaired) electrons. The summed E-state index contributed by atoms with van der Waals surface area (Å²) < 4.78 is 73.6. The molecular weight excluding hydrogens is 360 g/mol. The first-order chi connectivity index (χ1) is 10.6. The van der Waals surface area contributed by atoms with Gasteiger partial charge in [-0.05, 0) is 12.8 Å². The lowest BCUT2D eigenvalue weighted by molar-refractivity contribution is 0.562. The lowest BCUT2D eigenvalue weighted by atomic mass is 10.3. The van der Waals surface area contributed by atoms with E-state index >= 15 is 0 Å². The zero-order chi connectivity index (χ0) is 17.7. The molecule has 0 amide bonds. The summed E-state index contributed by atoms with van der Waals surface area (Å²) in [6.07, 6.45) is 4.03. The van der Waals surface area contributed by atoms with Gasteiger partial charge in [-0.1, -0.05) is 39.5 Å². The fraction of sp³-hybridized carbons (Fsp3) is 1.00. The SMILES string of the molecule is CCCCCS(=O)(=O)[C@H]1CS(=O)(=O)C[C@@H]1S(=O)(=O)CCCCC. The van der Waals surface area contributed by atoms with Crippen LogP contribution in [-0.2, 0) is 29.5 Å². The van der Waals surface area contributed by atoms with Crippen molar-refractivity contribution < 1.29 is 25.3 Å². The first-order valence-electron chi connectivity index (χ1n) is 8.19. The van der Waals surface area contributed by atoms with Gasteiger partial charge in [0.2, 0.25) is 0 Å². The molecule has 0 aromatic carbocycles. The Morgan fingerprint density at radius 3 is 1.39 bits per heavy atom. The summed E-state index contributed by atoms with van der Waals surface area (Å²) >= 11 is 0. The van der Waals surface area contributed by atoms with Crippen molar-refractivity contribution >= 4 is 29.5 Å². The molecule has 0 saturated carbocycles. The molecule has 0 aromatic heterocycles. The van der Waals surface area contributed by atoms with E-state index < -0.39 is 51.5 Å². The zero-order valence-corrected chi connectivity index (χ0v) is 16.3. The Morgan fingerprint density at radius 1 is 0.739 bits per heavy atom. The topological polar surface area (TPSA) is 102 Å². The Hall–Kier alpha value is -0.150. The molecule has 0 N–H and O–H groups in total. The minimum atomic E-state index is -3.72. The summed E-state index contributed by atoms with van der Waals surface area (Å²) in [4.78, 5) is 0. The van der Waals surface area contributed by atoms with Crippen LogP contribution in [0.25, 0.3) is 0 Å². The highest BCUT2D eigenvalue weighted by Gasteiger charge is 2.50. The average Bonchev–Trinajstić information content (AvgIpc) is 2.77. The third-order valence-electron chi connectivity index (χ3n) is 4.24. The van der Waals surface area contributed by atoms with Gasteiger partial charge in [0.05, 0.1) is 33.5 Å². The van der Waals surface area contributed by atoms with Crippen LogP contribution in [0.2, 0.25) is 0 Å². The molecule has 1 heterocycles. The minimum Gasteiger partial charge on any atom is -0.229 e. The van der Waals surface area contributed by atoms with E-state index in [-0.39, 0.29) is 11.5 Å². The van der Waals surface area contributed by atoms with Crippen LogP contribution in [0.3, 0.4) is 0 Å². The Kier molecular flexibility index (Phi) is 7.53. The van der Waals surface area contributed by atoms with Gasteiger partial charge in [0.25, 0.3) is 0 Å². The summed E-state index contributed by atoms with van der Waals surface area (Å²) in [6, 6.07) is 0. The second-order valence-electron chi connectivity index (χ2n) is 6.30. The van der Waals surface area contributed by atoms with Gasteiger partial charge in [-0.15, -0.1) is 0 Å². The Balaban J connectivity index is 2.99. The monoisotopic (exact) mass is 388 g/mol. The quantitative estimate of drug-likeness (QED) is 0.524. The normalized spacial score (nSPS) is 24.8. The summed E-state index contributed by atoms with van der Waals surface area (Å²) in [5.41, 5.74) is 0. The van der Waals surface area contributed by atoms with Crippen LogP contribution in [0.5, 0.6) is 0 Å². The van der Waals surface area contributed by atoms with E-state index in [4.69, 9.17) is 0 Å². The number of hydrogen-bond donors (Lipinski definition) is 0. The van der Waals surface area contributed by atoms with Crippen molar-refractivity contribution in [3.05, 3.63) is 0 Å². The third kappa shape index (κ3) is 6.01. The maximum Gasteiger partial charge on any atom is 0.155 e. The van der Waals surface area contributed by atoms with E-state index in [2.05, 4.69) is 0 Å². The molecule has 23 heavy (non-hydrogen) atoms. The minimum absolute atomic E-state index is 0.137. The molecule has 2 atom stereocenters. The van der Waals surface area contributed by atoms with Gasteiger partial charge in [0.1, 0.15) is 0 Å². The van der Waals surface area contributed by atoms with Crippen molar-refractivity contribution in [1.29, 1.82) is 0 Å². The molecule has 6 nitrogen and oxygen atoms in total. The second kappa shape index (κ2) is 8.29. The van der Waals surface area contributed by atoms with Crippen LogP contribution in [0.4, 0.5) is 0 Å². The fourth-order valence-electron chi connectivity index (χ4n) is 2.86. The average molecular weight is 389 g/mol. The van der Waals surface area contributed by atoms with Crippen LogP contribution >= 0.6 is 0 Å². The lowest BCUT2D eigenvalue weighted by Crippen LogP contribution is -2.40. The zero-order valence-electron chi connectivity index (χ0n) is 13.9. The Bertz CT molecular complexity index is 622. The molecule has 0 aromatic rings. The van der Waals surface area contributed by atoms with Crippen LogP contribution < -0.4 is 0 Å². The van der Waals surface area contributed by atoms with Crippen LogP contribution in [0.1, 0.15) is 52.4 Å². The highest BCUT2D eigenvalue weighted by atomic mass is 32.2. The van der Waals surface area contributed by atoms with Crippen molar-refractivity contribution in [2.24, 2.45) is 0 Å². The first-order valence-corrected chi connectivity index (χ1v) is 13.4. The van der Waals surface area contributed by atoms with Gasteiger partial charge in [-0.3, -0.25) is 0 Å². The predicted octanol–water partition coefficient (Wildman–Crippen LogP) is 1.36. The van der Waals surface area contributed by atoms with Gasteiger partial charge in [0.15, 0.2) is 29.5 Å². The number of rotatable bonds is 10. The van der Waals surface area contributed by atoms with Crippen LogP contribution in [0.15, 0.2) is 0 Å². The molecule has 9 heteroatoms. The van der Waals surface area contributed by atoms with Crippen molar-refractivity contribution in [2.45, 2.75) is 62.9 Å². The molecule has 1 fully saturated rings. The number of unbranched alkanes of at least 4 members (excludes halogenated alkanes) is 4. The van der Waals surface area contributed by atoms with Crippen molar-refractivity contribution in [3.63, 3.8) is 0 Å². The van der Waals surface area contributed by atoms with Gasteiger partial charge < -0.3 is 0 Å². The van der Waals surface area contributed by atoms with E-state index in [1.54, 1.807) is 0 Å². The van der Waals surface area contributed by atoms with Crippen molar-refractivity contribution in [3.8, 4) is 0 Å². The van der Waals surface area contributed by atoms with Crippen molar-refractivity contribution in [1.82, 2.24) is 0 Å². The number of hydrogen-bond acceptors (Lipinski definition) is 6. The molecule has 1 saturated heterocycles. The maximum atomic E-state index is 12.5. The summed E-state index contributed by atoms with van der Waals surface area (Å²) in [6.45, 7) is 3.88. The molecule has 0 aliphatic carbocycles. The van der Waals surface area contributed by atoms with E-state index in [0.29, 0.717) is 12.8 Å². The molecular formula is C14H28O6S3. The summed E-state index contributed by atoms with van der Waals surface area (Å²) in [5.74, 6) is -1.39. The van der Waals surface area contributed by atoms with E-state index in [1.165, 1.54) is 0 Å². The highest BCUT2D eigenvalue weighted by Crippen LogP contribution is 2.28. The van der Waals surface area contributed by atoms with Gasteiger partial charge in [-0.2, -0.15) is 0 Å².